The van der Waals surface area contributed by atoms with Gasteiger partial charge in [-0.3, -0.25) is 9.69 Å². The van der Waals surface area contributed by atoms with Crippen molar-refractivity contribution >= 4 is 40.6 Å². The van der Waals surface area contributed by atoms with Crippen LogP contribution >= 0.6 is 23.7 Å². The Morgan fingerprint density at radius 2 is 1.74 bits per heavy atom. The summed E-state index contributed by atoms with van der Waals surface area (Å²) in [6.45, 7) is 11.0. The van der Waals surface area contributed by atoms with E-state index in [0.717, 1.165) is 36.5 Å². The number of carbonyl (C=O) groups is 2. The maximum Gasteiger partial charge on any atom is 0.341 e. The Morgan fingerprint density at radius 3 is 2.37 bits per heavy atom. The fourth-order valence-electron chi connectivity index (χ4n) is 4.24. The van der Waals surface area contributed by atoms with Gasteiger partial charge in [-0.1, -0.05) is 63.2 Å². The second kappa shape index (κ2) is 11.4. The normalized spacial score (nSPS) is 13.5. The summed E-state index contributed by atoms with van der Waals surface area (Å²) >= 11 is 1.49. The molecular weight excluding hydrogens is 480 g/mol. The minimum Gasteiger partial charge on any atom is -0.462 e. The van der Waals surface area contributed by atoms with Gasteiger partial charge in [0.05, 0.1) is 12.2 Å². The first kappa shape index (κ1) is 26.9. The van der Waals surface area contributed by atoms with Crippen LogP contribution in [0.15, 0.2) is 54.6 Å². The van der Waals surface area contributed by atoms with Gasteiger partial charge in [-0.05, 0) is 47.6 Å². The quantitative estimate of drug-likeness (QED) is 0.385. The zero-order valence-corrected chi connectivity index (χ0v) is 22.4. The molecule has 5 nitrogen and oxygen atoms in total. The van der Waals surface area contributed by atoms with E-state index in [4.69, 9.17) is 4.74 Å². The highest BCUT2D eigenvalue weighted by molar-refractivity contribution is 7.17. The summed E-state index contributed by atoms with van der Waals surface area (Å²) in [5.41, 5.74) is 4.54. The average molecular weight is 513 g/mol. The maximum atomic E-state index is 13.1. The van der Waals surface area contributed by atoms with Crippen LogP contribution in [0.3, 0.4) is 0 Å². The highest BCUT2D eigenvalue weighted by Crippen LogP contribution is 2.38. The largest absolute Gasteiger partial charge is 0.462 e. The molecule has 4 rings (SSSR count). The molecular formula is C28H33ClN2O3S. The highest BCUT2D eigenvalue weighted by Gasteiger charge is 2.29. The number of ether oxygens (including phenoxy) is 1. The lowest BCUT2D eigenvalue weighted by molar-refractivity contribution is 0.0526. The van der Waals surface area contributed by atoms with Gasteiger partial charge < -0.3 is 10.1 Å². The third-order valence-corrected chi connectivity index (χ3v) is 7.24. The summed E-state index contributed by atoms with van der Waals surface area (Å²) in [6, 6.07) is 18.0. The van der Waals surface area contributed by atoms with Gasteiger partial charge in [-0.15, -0.1) is 23.7 Å². The number of esters is 1. The molecule has 7 heteroatoms. The van der Waals surface area contributed by atoms with Crippen molar-refractivity contribution in [2.45, 2.75) is 52.6 Å². The van der Waals surface area contributed by atoms with Gasteiger partial charge in [-0.25, -0.2) is 4.79 Å². The number of hydrogen-bond donors (Lipinski definition) is 1. The van der Waals surface area contributed by atoms with Crippen molar-refractivity contribution < 1.29 is 14.3 Å². The van der Waals surface area contributed by atoms with Gasteiger partial charge in [-0.2, -0.15) is 0 Å². The van der Waals surface area contributed by atoms with Crippen LogP contribution in [-0.2, 0) is 29.7 Å². The van der Waals surface area contributed by atoms with Gasteiger partial charge in [0.25, 0.3) is 5.91 Å². The third-order valence-electron chi connectivity index (χ3n) is 6.10. The Balaban J connectivity index is 0.00000342. The molecule has 0 saturated heterocycles. The van der Waals surface area contributed by atoms with Crippen molar-refractivity contribution in [1.29, 1.82) is 0 Å². The fraction of sp³-hybridized carbons (Fsp3) is 0.357. The topological polar surface area (TPSA) is 58.6 Å². The molecule has 0 aliphatic carbocycles. The lowest BCUT2D eigenvalue weighted by Gasteiger charge is -2.27. The molecule has 1 aromatic heterocycles. The van der Waals surface area contributed by atoms with E-state index in [0.29, 0.717) is 22.7 Å². The Morgan fingerprint density at radius 1 is 1.06 bits per heavy atom. The molecule has 1 aliphatic rings. The zero-order chi connectivity index (χ0) is 24.3. The van der Waals surface area contributed by atoms with E-state index in [9.17, 15) is 9.59 Å². The number of rotatable bonds is 6. The predicted octanol–water partition coefficient (Wildman–Crippen LogP) is 6.45. The van der Waals surface area contributed by atoms with E-state index >= 15 is 0 Å². The van der Waals surface area contributed by atoms with Gasteiger partial charge in [0, 0.05) is 30.1 Å². The number of anilines is 1. The van der Waals surface area contributed by atoms with Crippen LogP contribution in [0.4, 0.5) is 5.00 Å². The van der Waals surface area contributed by atoms with Crippen molar-refractivity contribution in [2.24, 2.45) is 0 Å². The SMILES string of the molecule is CCOC(=O)c1c(NC(=O)c2ccc(C(C)(C)C)cc2)sc2c1CCN(Cc1ccccc1)C2.Cl. The van der Waals surface area contributed by atoms with E-state index in [2.05, 4.69) is 55.3 Å². The second-order valence-corrected chi connectivity index (χ2v) is 10.8. The van der Waals surface area contributed by atoms with E-state index in [-0.39, 0.29) is 29.7 Å². The summed E-state index contributed by atoms with van der Waals surface area (Å²) in [5.74, 6) is -0.583. The van der Waals surface area contributed by atoms with Crippen molar-refractivity contribution in [3.05, 3.63) is 87.3 Å². The van der Waals surface area contributed by atoms with Gasteiger partial charge in [0.1, 0.15) is 5.00 Å². The first-order chi connectivity index (χ1) is 16.3. The van der Waals surface area contributed by atoms with Crippen LogP contribution in [0.2, 0.25) is 0 Å². The Kier molecular flexibility index (Phi) is 8.75. The van der Waals surface area contributed by atoms with Crippen molar-refractivity contribution in [3.8, 4) is 0 Å². The number of thiophene rings is 1. The number of fused-ring (bicyclic) bond motifs is 1. The van der Waals surface area contributed by atoms with E-state index in [1.54, 1.807) is 6.92 Å². The van der Waals surface area contributed by atoms with Crippen LogP contribution < -0.4 is 5.32 Å². The first-order valence-electron chi connectivity index (χ1n) is 11.8. The predicted molar refractivity (Wildman–Crippen MR) is 145 cm³/mol. The van der Waals surface area contributed by atoms with Crippen molar-refractivity contribution in [1.82, 2.24) is 4.90 Å². The zero-order valence-electron chi connectivity index (χ0n) is 20.7. The molecule has 3 aromatic rings. The van der Waals surface area contributed by atoms with E-state index < -0.39 is 0 Å². The minimum absolute atomic E-state index is 0. The smallest absolute Gasteiger partial charge is 0.341 e. The summed E-state index contributed by atoms with van der Waals surface area (Å²) in [7, 11) is 0. The molecule has 2 heterocycles. The molecule has 0 saturated carbocycles. The maximum absolute atomic E-state index is 13.1. The number of nitrogens with one attached hydrogen (secondary N) is 1. The molecule has 0 bridgehead atoms. The average Bonchev–Trinajstić information content (AvgIpc) is 3.16. The van der Waals surface area contributed by atoms with E-state index in [1.165, 1.54) is 22.5 Å². The summed E-state index contributed by atoms with van der Waals surface area (Å²) in [5, 5.41) is 3.58. The Bertz CT molecular complexity index is 1170. The molecule has 0 radical (unpaired) electrons. The Hall–Kier alpha value is -2.67. The molecule has 1 amide bonds. The third kappa shape index (κ3) is 6.31. The van der Waals surface area contributed by atoms with Gasteiger partial charge in [0.2, 0.25) is 0 Å². The van der Waals surface area contributed by atoms with Gasteiger partial charge in [0.15, 0.2) is 0 Å². The minimum atomic E-state index is -0.366. The van der Waals surface area contributed by atoms with Crippen LogP contribution in [-0.4, -0.2) is 29.9 Å². The number of amides is 1. The molecule has 186 valence electrons. The number of hydrogen-bond acceptors (Lipinski definition) is 5. The molecule has 2 aromatic carbocycles. The molecule has 35 heavy (non-hydrogen) atoms. The Labute approximate surface area is 217 Å². The van der Waals surface area contributed by atoms with Crippen molar-refractivity contribution in [2.75, 3.05) is 18.5 Å². The van der Waals surface area contributed by atoms with Gasteiger partial charge >= 0.3 is 5.97 Å². The lowest BCUT2D eigenvalue weighted by atomic mass is 9.87. The van der Waals surface area contributed by atoms with Crippen LogP contribution in [0.1, 0.15) is 70.0 Å². The summed E-state index contributed by atoms with van der Waals surface area (Å²) in [4.78, 5) is 29.4. The molecule has 0 fully saturated rings. The molecule has 1 aliphatic heterocycles. The number of benzene rings is 2. The van der Waals surface area contributed by atoms with Crippen molar-refractivity contribution in [3.63, 3.8) is 0 Å². The second-order valence-electron chi connectivity index (χ2n) is 9.66. The number of carbonyl (C=O) groups excluding carboxylic acids is 2. The first-order valence-corrected chi connectivity index (χ1v) is 12.6. The van der Waals surface area contributed by atoms with Crippen LogP contribution in [0.5, 0.6) is 0 Å². The summed E-state index contributed by atoms with van der Waals surface area (Å²) in [6.07, 6.45) is 0.753. The standard InChI is InChI=1S/C28H32N2O3S.ClH/c1-5-33-27(32)24-22-15-16-30(17-19-9-7-6-8-10-19)18-23(22)34-26(24)29-25(31)20-11-13-21(14-12-20)28(2,3)4;/h6-14H,5,15-18H2,1-4H3,(H,29,31);1H. The monoisotopic (exact) mass is 512 g/mol. The summed E-state index contributed by atoms with van der Waals surface area (Å²) < 4.78 is 5.36. The fourth-order valence-corrected chi connectivity index (χ4v) is 5.51. The van der Waals surface area contributed by atoms with E-state index in [1.807, 2.05) is 30.3 Å². The molecule has 1 N–H and O–H groups in total. The van der Waals surface area contributed by atoms with Crippen LogP contribution in [0.25, 0.3) is 0 Å². The number of halogens is 1. The van der Waals surface area contributed by atoms with Crippen LogP contribution in [0, 0.1) is 0 Å². The molecule has 0 atom stereocenters. The lowest BCUT2D eigenvalue weighted by Crippen LogP contribution is -2.29. The molecule has 0 spiro atoms. The highest BCUT2D eigenvalue weighted by atomic mass is 35.5. The molecule has 0 unspecified atom stereocenters. The number of nitrogens with zero attached hydrogens (tertiary/aromatic N) is 1.